The summed E-state index contributed by atoms with van der Waals surface area (Å²) >= 11 is 1.62. The molecule has 7 aromatic rings. The average molecular weight is 887 g/mol. The minimum absolute atomic E-state index is 0. The van der Waals surface area contributed by atoms with Crippen LogP contribution in [0.3, 0.4) is 0 Å². The van der Waals surface area contributed by atoms with E-state index in [4.69, 9.17) is 0 Å². The number of benzene rings is 4. The molecule has 3 aromatic heterocycles. The first-order chi connectivity index (χ1) is 24.2. The van der Waals surface area contributed by atoms with Gasteiger partial charge in [0.25, 0.3) is 0 Å². The summed E-state index contributed by atoms with van der Waals surface area (Å²) in [5.41, 5.74) is 7.31. The molecule has 1 fully saturated rings. The molecule has 2 nitrogen and oxygen atoms in total. The maximum Gasteiger partial charge on any atom is 0.133 e. The summed E-state index contributed by atoms with van der Waals surface area (Å²) in [5, 5.41) is 3.64. The van der Waals surface area contributed by atoms with Gasteiger partial charge in [-0.1, -0.05) is 85.7 Å². The van der Waals surface area contributed by atoms with Crippen molar-refractivity contribution >= 4 is 44.8 Å². The smallest absolute Gasteiger partial charge is 0.133 e. The van der Waals surface area contributed by atoms with E-state index in [1.54, 1.807) is 17.4 Å². The molecule has 1 aliphatic rings. The molecule has 0 bridgehead atoms. The maximum atomic E-state index is 14.3. The van der Waals surface area contributed by atoms with Crippen molar-refractivity contribution in [2.45, 2.75) is 64.6 Å². The van der Waals surface area contributed by atoms with Crippen LogP contribution in [0.4, 0.5) is 8.78 Å². The van der Waals surface area contributed by atoms with Crippen LogP contribution in [0.25, 0.3) is 53.8 Å². The predicted octanol–water partition coefficient (Wildman–Crippen LogP) is 12.3. The second-order valence-electron chi connectivity index (χ2n) is 14.3. The first kappa shape index (κ1) is 36.9. The van der Waals surface area contributed by atoms with E-state index in [1.165, 1.54) is 66.6 Å². The van der Waals surface area contributed by atoms with Gasteiger partial charge >= 0.3 is 0 Å². The van der Waals surface area contributed by atoms with Gasteiger partial charge in [-0.3, -0.25) is 0 Å². The van der Waals surface area contributed by atoms with Crippen molar-refractivity contribution in [3.05, 3.63) is 138 Å². The van der Waals surface area contributed by atoms with Gasteiger partial charge in [-0.15, -0.1) is 59.7 Å². The topological polar surface area (TPSA) is 25.8 Å². The Morgan fingerprint density at radius 2 is 1.51 bits per heavy atom. The number of thiophene rings is 1. The fourth-order valence-corrected chi connectivity index (χ4v) is 9.94. The number of hydrogen-bond acceptors (Lipinski definition) is 3. The third-order valence-electron chi connectivity index (χ3n) is 9.70. The molecule has 261 valence electrons. The Morgan fingerprint density at radius 3 is 2.22 bits per heavy atom. The fourth-order valence-electron chi connectivity index (χ4n) is 7.12. The molecule has 0 saturated heterocycles. The van der Waals surface area contributed by atoms with E-state index in [-0.39, 0.29) is 25.7 Å². The number of rotatable bonds is 5. The van der Waals surface area contributed by atoms with Crippen LogP contribution in [0.1, 0.15) is 49.1 Å². The van der Waals surface area contributed by atoms with Crippen LogP contribution in [-0.2, 0) is 20.1 Å². The van der Waals surface area contributed by atoms with Gasteiger partial charge < -0.3 is 9.97 Å². The molecule has 4 aromatic carbocycles. The minimum Gasteiger partial charge on any atom is -0.305 e. The molecule has 3 heterocycles. The number of halogens is 2. The Balaban J connectivity index is 0.000000211. The van der Waals surface area contributed by atoms with Crippen molar-refractivity contribution in [1.29, 1.82) is 0 Å². The Hall–Kier alpha value is -3.87. The fraction of sp³-hybridized carbons (Fsp3) is 0.227. The van der Waals surface area contributed by atoms with Crippen molar-refractivity contribution in [1.82, 2.24) is 9.97 Å². The Kier molecular flexibility index (Phi) is 11.4. The summed E-state index contributed by atoms with van der Waals surface area (Å²) in [6.45, 7) is 9.24. The van der Waals surface area contributed by atoms with Gasteiger partial charge in [0.2, 0.25) is 0 Å². The van der Waals surface area contributed by atoms with Gasteiger partial charge in [0.05, 0.1) is 13.6 Å². The molecule has 0 N–H and O–H groups in total. The van der Waals surface area contributed by atoms with Crippen LogP contribution in [0.5, 0.6) is 0 Å². The van der Waals surface area contributed by atoms with Gasteiger partial charge in [0.1, 0.15) is 11.6 Å². The monoisotopic (exact) mass is 887 g/mol. The quantitative estimate of drug-likeness (QED) is 0.127. The summed E-state index contributed by atoms with van der Waals surface area (Å²) < 4.78 is 30.7. The molecule has 1 radical (unpaired) electrons. The van der Waals surface area contributed by atoms with Gasteiger partial charge in [-0.25, -0.2) is 8.78 Å². The van der Waals surface area contributed by atoms with Crippen molar-refractivity contribution in [3.8, 4) is 33.6 Å². The molecule has 8 rings (SSSR count). The average Bonchev–Trinajstić information content (AvgIpc) is 3.49. The molecule has 0 unspecified atom stereocenters. The molecular weight excluding hydrogens is 847 g/mol. The summed E-state index contributed by atoms with van der Waals surface area (Å²) in [6, 6.07) is 34.9. The van der Waals surface area contributed by atoms with E-state index in [0.29, 0.717) is 11.5 Å². The molecular formula is C44H40F2IrN2SSi-2. The van der Waals surface area contributed by atoms with Crippen molar-refractivity contribution in [2.24, 2.45) is 0 Å². The molecule has 7 heteroatoms. The van der Waals surface area contributed by atoms with E-state index in [0.717, 1.165) is 42.7 Å². The zero-order valence-electron chi connectivity index (χ0n) is 29.3. The van der Waals surface area contributed by atoms with Crippen LogP contribution in [-0.4, -0.2) is 18.0 Å². The van der Waals surface area contributed by atoms with E-state index in [9.17, 15) is 8.78 Å². The second-order valence-corrected chi connectivity index (χ2v) is 20.4. The normalized spacial score (nSPS) is 13.5. The zero-order valence-corrected chi connectivity index (χ0v) is 33.5. The van der Waals surface area contributed by atoms with E-state index in [1.807, 2.05) is 42.6 Å². The Bertz CT molecular complexity index is 2270. The molecule has 0 spiro atoms. The predicted molar refractivity (Wildman–Crippen MR) is 209 cm³/mol. The Morgan fingerprint density at radius 1 is 0.745 bits per heavy atom. The summed E-state index contributed by atoms with van der Waals surface area (Å²) in [7, 11) is -1.27. The van der Waals surface area contributed by atoms with Gasteiger partial charge in [0.15, 0.2) is 0 Å². The van der Waals surface area contributed by atoms with Crippen LogP contribution >= 0.6 is 11.3 Å². The van der Waals surface area contributed by atoms with Gasteiger partial charge in [-0.2, -0.15) is 11.3 Å². The number of hydrogen-bond donors (Lipinski definition) is 0. The summed E-state index contributed by atoms with van der Waals surface area (Å²) in [5.74, 6) is -0.464. The molecule has 0 atom stereocenters. The SMILES string of the molecule is Cc1cc(-c2[c-]cccc2)ncc1[Si](C)(C)C.Fc1cccc(F)c1-c1ccc2c(c1)sc1c[c-]c(-c3cc(C4CCCCC4)ccn3)cc12.[Ir]. The second kappa shape index (κ2) is 15.8. The molecule has 51 heavy (non-hydrogen) atoms. The summed E-state index contributed by atoms with van der Waals surface area (Å²) in [6.07, 6.45) is 10.4. The van der Waals surface area contributed by atoms with Crippen LogP contribution in [0, 0.1) is 30.7 Å². The largest absolute Gasteiger partial charge is 0.305 e. The van der Waals surface area contributed by atoms with Crippen molar-refractivity contribution in [3.63, 3.8) is 0 Å². The third-order valence-corrected chi connectivity index (χ3v) is 13.0. The first-order valence-electron chi connectivity index (χ1n) is 17.4. The Labute approximate surface area is 318 Å². The third kappa shape index (κ3) is 8.13. The number of aromatic nitrogens is 2. The van der Waals surface area contributed by atoms with Crippen LogP contribution in [0.15, 0.2) is 103 Å². The van der Waals surface area contributed by atoms with E-state index >= 15 is 0 Å². The molecule has 1 saturated carbocycles. The maximum absolute atomic E-state index is 14.3. The van der Waals surface area contributed by atoms with E-state index < -0.39 is 19.7 Å². The number of fused-ring (bicyclic) bond motifs is 3. The number of pyridine rings is 2. The molecule has 0 amide bonds. The summed E-state index contributed by atoms with van der Waals surface area (Å²) in [4.78, 5) is 9.22. The van der Waals surface area contributed by atoms with Gasteiger partial charge in [0, 0.05) is 37.2 Å². The van der Waals surface area contributed by atoms with Crippen LogP contribution < -0.4 is 5.19 Å². The standard InChI is InChI=1S/C29H22F2NS.C15H18NSi.Ir/c30-24-7-4-8-25(31)29(24)21-9-11-22-23-15-20(10-12-27(23)33-28(22)17-21)26-16-19(13-14-32-26)18-5-2-1-3-6-18;1-12-10-14(13-8-6-5-7-9-13)16-11-15(12)17(2,3)4;/h4,7-9,11-18H,1-3,5-6H2;5-8,10-11H,1-4H3;/q2*-1;. The molecule has 0 aliphatic heterocycles. The van der Waals surface area contributed by atoms with Crippen LogP contribution in [0.2, 0.25) is 19.6 Å². The number of nitrogens with zero attached hydrogens (tertiary/aromatic N) is 2. The zero-order chi connectivity index (χ0) is 34.8. The minimum atomic E-state index is -1.27. The van der Waals surface area contributed by atoms with Crippen molar-refractivity contribution < 1.29 is 28.9 Å². The first-order valence-corrected chi connectivity index (χ1v) is 21.7. The van der Waals surface area contributed by atoms with Crippen molar-refractivity contribution in [2.75, 3.05) is 0 Å². The number of aryl methyl sites for hydroxylation is 1. The molecule has 1 aliphatic carbocycles. The van der Waals surface area contributed by atoms with E-state index in [2.05, 4.69) is 85.2 Å². The van der Waals surface area contributed by atoms with Gasteiger partial charge in [-0.05, 0) is 82.2 Å².